The molecule has 2 aromatic carbocycles. The van der Waals surface area contributed by atoms with Gasteiger partial charge in [0.1, 0.15) is 0 Å². The van der Waals surface area contributed by atoms with E-state index in [1.807, 2.05) is 41.3 Å². The van der Waals surface area contributed by atoms with Gasteiger partial charge in [-0.25, -0.2) is 0 Å². The van der Waals surface area contributed by atoms with Crippen molar-refractivity contribution in [3.8, 4) is 6.07 Å². The Bertz CT molecular complexity index is 1080. The van der Waals surface area contributed by atoms with Gasteiger partial charge in [0.15, 0.2) is 0 Å². The number of methoxy groups -OCH3 is 1. The van der Waals surface area contributed by atoms with Gasteiger partial charge in [-0.3, -0.25) is 14.7 Å². The first-order chi connectivity index (χ1) is 16.1. The predicted octanol–water partition coefficient (Wildman–Crippen LogP) is 2.49. The third kappa shape index (κ3) is 5.20. The predicted molar refractivity (Wildman–Crippen MR) is 128 cm³/mol. The zero-order valence-corrected chi connectivity index (χ0v) is 18.8. The summed E-state index contributed by atoms with van der Waals surface area (Å²) >= 11 is 0. The van der Waals surface area contributed by atoms with Crippen LogP contribution in [0.25, 0.3) is 0 Å². The monoisotopic (exact) mass is 443 g/mol. The van der Waals surface area contributed by atoms with Crippen LogP contribution < -0.4 is 5.73 Å². The Morgan fingerprint density at radius 1 is 1.21 bits per heavy atom. The quantitative estimate of drug-likeness (QED) is 0.740. The lowest BCUT2D eigenvalue weighted by Gasteiger charge is -2.45. The molecular weight excluding hydrogens is 414 g/mol. The number of amides is 1. The molecule has 33 heavy (non-hydrogen) atoms. The standard InChI is InChI=1S/C26H29N5O2/c1-33-18-24-17-30(26(32)22-13-23(28)16-29-15-22)10-11-31(24)25(20-7-3-2-4-8-20)21-9-5-6-19(12-21)14-27/h2-9,12,15-16,23-25H,10-11,13,17-18,28H2,1H3/t23?,24-,25+/m0/s1. The lowest BCUT2D eigenvalue weighted by atomic mass is 9.93. The molecule has 1 unspecified atom stereocenters. The highest BCUT2D eigenvalue weighted by Gasteiger charge is 2.36. The summed E-state index contributed by atoms with van der Waals surface area (Å²) in [4.78, 5) is 21.6. The van der Waals surface area contributed by atoms with E-state index in [1.165, 1.54) is 0 Å². The molecule has 4 rings (SSSR count). The summed E-state index contributed by atoms with van der Waals surface area (Å²) in [5, 5.41) is 9.45. The summed E-state index contributed by atoms with van der Waals surface area (Å²) in [6, 6.07) is 20.0. The van der Waals surface area contributed by atoms with E-state index in [-0.39, 0.29) is 24.0 Å². The number of piperazine rings is 1. The molecule has 2 aromatic rings. The number of rotatable bonds is 6. The van der Waals surface area contributed by atoms with Crippen LogP contribution in [0.5, 0.6) is 0 Å². The molecule has 2 aliphatic rings. The Balaban J connectivity index is 1.63. The second-order valence-corrected chi connectivity index (χ2v) is 8.47. The maximum Gasteiger partial charge on any atom is 0.251 e. The number of nitrogens with two attached hydrogens (primary N) is 1. The van der Waals surface area contributed by atoms with Gasteiger partial charge < -0.3 is 15.4 Å². The lowest BCUT2D eigenvalue weighted by molar-refractivity contribution is -0.131. The third-order valence-electron chi connectivity index (χ3n) is 6.19. The van der Waals surface area contributed by atoms with E-state index in [1.54, 1.807) is 19.5 Å². The van der Waals surface area contributed by atoms with Crippen molar-refractivity contribution < 1.29 is 9.53 Å². The Kier molecular flexibility index (Phi) is 7.30. The lowest BCUT2D eigenvalue weighted by Crippen LogP contribution is -2.57. The zero-order valence-electron chi connectivity index (χ0n) is 18.8. The van der Waals surface area contributed by atoms with Crippen molar-refractivity contribution in [3.05, 3.63) is 83.1 Å². The van der Waals surface area contributed by atoms with Crippen LogP contribution in [0.15, 0.2) is 71.4 Å². The molecule has 0 aliphatic carbocycles. The van der Waals surface area contributed by atoms with Gasteiger partial charge in [0.25, 0.3) is 5.91 Å². The number of hydrogen-bond acceptors (Lipinski definition) is 6. The van der Waals surface area contributed by atoms with Crippen LogP contribution in [-0.4, -0.2) is 67.4 Å². The molecule has 7 nitrogen and oxygen atoms in total. The third-order valence-corrected chi connectivity index (χ3v) is 6.19. The molecule has 3 atom stereocenters. The van der Waals surface area contributed by atoms with Gasteiger partial charge in [-0.2, -0.15) is 5.26 Å². The van der Waals surface area contributed by atoms with E-state index in [4.69, 9.17) is 10.5 Å². The fourth-order valence-electron chi connectivity index (χ4n) is 4.67. The minimum absolute atomic E-state index is 0.00853. The van der Waals surface area contributed by atoms with E-state index in [9.17, 15) is 10.1 Å². The number of benzene rings is 2. The Labute approximate surface area is 194 Å². The molecule has 2 heterocycles. The largest absolute Gasteiger partial charge is 0.383 e. The fourth-order valence-corrected chi connectivity index (χ4v) is 4.67. The van der Waals surface area contributed by atoms with Crippen molar-refractivity contribution in [2.45, 2.75) is 24.5 Å². The first-order valence-electron chi connectivity index (χ1n) is 11.2. The second-order valence-electron chi connectivity index (χ2n) is 8.47. The van der Waals surface area contributed by atoms with Crippen molar-refractivity contribution in [2.75, 3.05) is 33.4 Å². The van der Waals surface area contributed by atoms with E-state index in [2.05, 4.69) is 34.2 Å². The molecule has 7 heteroatoms. The normalized spacial score (nSPS) is 21.8. The topological polar surface area (TPSA) is 94.9 Å². The van der Waals surface area contributed by atoms with Crippen molar-refractivity contribution >= 4 is 12.1 Å². The number of nitriles is 1. The minimum atomic E-state index is -0.222. The number of carbonyl (C=O) groups excluding carboxylic acids is 1. The summed E-state index contributed by atoms with van der Waals surface area (Å²) in [7, 11) is 1.68. The van der Waals surface area contributed by atoms with Gasteiger partial charge in [0.2, 0.25) is 0 Å². The van der Waals surface area contributed by atoms with Crippen LogP contribution in [0.3, 0.4) is 0 Å². The molecule has 0 spiro atoms. The van der Waals surface area contributed by atoms with Gasteiger partial charge in [-0.05, 0) is 29.7 Å². The summed E-state index contributed by atoms with van der Waals surface area (Å²) in [5.41, 5.74) is 9.44. The van der Waals surface area contributed by atoms with Crippen LogP contribution in [0.2, 0.25) is 0 Å². The fraction of sp³-hybridized carbons (Fsp3) is 0.346. The number of nitrogens with zero attached hydrogens (tertiary/aromatic N) is 4. The van der Waals surface area contributed by atoms with Gasteiger partial charge in [0.05, 0.1) is 30.3 Å². The Hall–Kier alpha value is -3.31. The summed E-state index contributed by atoms with van der Waals surface area (Å²) in [6.07, 6.45) is 3.80. The molecule has 2 aliphatic heterocycles. The SMILES string of the molecule is COC[C@@H]1CN(C(=O)C2=CN=CC(N)C2)CCN1[C@H](c1ccccc1)c1cccc(C#N)c1. The highest BCUT2D eigenvalue weighted by atomic mass is 16.5. The van der Waals surface area contributed by atoms with Crippen LogP contribution >= 0.6 is 0 Å². The van der Waals surface area contributed by atoms with Gasteiger partial charge >= 0.3 is 0 Å². The molecule has 170 valence electrons. The van der Waals surface area contributed by atoms with Crippen LogP contribution in [0.1, 0.15) is 29.2 Å². The molecular formula is C26H29N5O2. The molecule has 0 saturated carbocycles. The van der Waals surface area contributed by atoms with Crippen LogP contribution in [0, 0.1) is 11.3 Å². The maximum atomic E-state index is 13.2. The summed E-state index contributed by atoms with van der Waals surface area (Å²) in [5.74, 6) is -0.00853. The van der Waals surface area contributed by atoms with Crippen LogP contribution in [-0.2, 0) is 9.53 Å². The van der Waals surface area contributed by atoms with Gasteiger partial charge in [-0.1, -0.05) is 42.5 Å². The highest BCUT2D eigenvalue weighted by Crippen LogP contribution is 2.33. The average molecular weight is 444 g/mol. The molecule has 1 fully saturated rings. The first kappa shape index (κ1) is 22.9. The van der Waals surface area contributed by atoms with Gasteiger partial charge in [-0.15, -0.1) is 0 Å². The van der Waals surface area contributed by atoms with Crippen molar-refractivity contribution in [3.63, 3.8) is 0 Å². The average Bonchev–Trinajstić information content (AvgIpc) is 2.85. The molecule has 0 bridgehead atoms. The second kappa shape index (κ2) is 10.5. The van der Waals surface area contributed by atoms with Crippen molar-refractivity contribution in [1.29, 1.82) is 5.26 Å². The summed E-state index contributed by atoms with van der Waals surface area (Å²) in [6.45, 7) is 2.31. The Morgan fingerprint density at radius 3 is 2.73 bits per heavy atom. The number of carbonyl (C=O) groups is 1. The maximum absolute atomic E-state index is 13.2. The summed E-state index contributed by atoms with van der Waals surface area (Å²) < 4.78 is 5.58. The minimum Gasteiger partial charge on any atom is -0.383 e. The molecule has 2 N–H and O–H groups in total. The van der Waals surface area contributed by atoms with E-state index >= 15 is 0 Å². The van der Waals surface area contributed by atoms with E-state index in [0.717, 1.165) is 11.1 Å². The molecule has 0 radical (unpaired) electrons. The molecule has 0 aromatic heterocycles. The van der Waals surface area contributed by atoms with E-state index < -0.39 is 0 Å². The molecule has 1 amide bonds. The molecule has 1 saturated heterocycles. The van der Waals surface area contributed by atoms with Crippen LogP contribution in [0.4, 0.5) is 0 Å². The zero-order chi connectivity index (χ0) is 23.2. The van der Waals surface area contributed by atoms with Crippen molar-refractivity contribution in [2.24, 2.45) is 10.7 Å². The smallest absolute Gasteiger partial charge is 0.251 e. The van der Waals surface area contributed by atoms with E-state index in [0.29, 0.717) is 43.8 Å². The Morgan fingerprint density at radius 2 is 2.00 bits per heavy atom. The number of ether oxygens (including phenoxy) is 1. The van der Waals surface area contributed by atoms with Crippen molar-refractivity contribution in [1.82, 2.24) is 9.80 Å². The number of aliphatic imine (C=N–C) groups is 1. The first-order valence-corrected chi connectivity index (χ1v) is 11.2. The highest BCUT2D eigenvalue weighted by molar-refractivity contribution is 5.95. The van der Waals surface area contributed by atoms with Gasteiger partial charge in [0, 0.05) is 50.8 Å². The number of hydrogen-bond donors (Lipinski definition) is 1.